The molecule has 1 aliphatic rings. The molecule has 0 aliphatic heterocycles. The molecule has 3 heteroatoms. The van der Waals surface area contributed by atoms with Crippen LogP contribution in [0.4, 0.5) is 4.39 Å². The second-order valence-electron chi connectivity index (χ2n) is 4.55. The molecule has 2 nitrogen and oxygen atoms in total. The monoisotopic (exact) mass is 222 g/mol. The average Bonchev–Trinajstić information content (AvgIpc) is 2.14. The van der Waals surface area contributed by atoms with Gasteiger partial charge in [-0.2, -0.15) is 0 Å². The average molecular weight is 222 g/mol. The van der Waals surface area contributed by atoms with Crippen LogP contribution in [0.1, 0.15) is 42.1 Å². The number of carboxylic acid groups (broad SMARTS) is 1. The molecule has 1 aromatic rings. The van der Waals surface area contributed by atoms with E-state index in [0.717, 1.165) is 19.3 Å². The number of hydrogen-bond donors (Lipinski definition) is 1. The van der Waals surface area contributed by atoms with E-state index in [1.807, 2.05) is 0 Å². The Kier molecular flexibility index (Phi) is 2.70. The van der Waals surface area contributed by atoms with Crippen molar-refractivity contribution in [1.82, 2.24) is 0 Å². The van der Waals surface area contributed by atoms with E-state index in [9.17, 15) is 9.18 Å². The number of carbonyl (C=O) groups is 1. The Hall–Kier alpha value is -1.38. The van der Waals surface area contributed by atoms with E-state index in [0.29, 0.717) is 5.56 Å². The lowest BCUT2D eigenvalue weighted by atomic mass is 9.71. The summed E-state index contributed by atoms with van der Waals surface area (Å²) in [6.45, 7) is 1.50. The lowest BCUT2D eigenvalue weighted by molar-refractivity contribution is 0.0430. The molecule has 1 N–H and O–H groups in total. The Morgan fingerprint density at radius 1 is 1.44 bits per heavy atom. The molecule has 0 radical (unpaired) electrons. The van der Waals surface area contributed by atoms with Crippen molar-refractivity contribution >= 4 is 5.97 Å². The highest BCUT2D eigenvalue weighted by atomic mass is 19.1. The van der Waals surface area contributed by atoms with Gasteiger partial charge in [-0.3, -0.25) is 0 Å². The van der Waals surface area contributed by atoms with E-state index in [-0.39, 0.29) is 11.5 Å². The van der Waals surface area contributed by atoms with Crippen molar-refractivity contribution in [2.45, 2.75) is 31.9 Å². The van der Waals surface area contributed by atoms with Crippen molar-refractivity contribution in [2.24, 2.45) is 5.92 Å². The van der Waals surface area contributed by atoms with Crippen molar-refractivity contribution in [3.63, 3.8) is 0 Å². The summed E-state index contributed by atoms with van der Waals surface area (Å²) >= 11 is 0. The minimum absolute atomic E-state index is 0.0343. The van der Waals surface area contributed by atoms with Crippen LogP contribution in [0, 0.1) is 5.92 Å². The van der Waals surface area contributed by atoms with Gasteiger partial charge in [0.05, 0.1) is 5.56 Å². The van der Waals surface area contributed by atoms with E-state index < -0.39 is 11.6 Å². The van der Waals surface area contributed by atoms with Crippen LogP contribution in [-0.2, 0) is 5.67 Å². The van der Waals surface area contributed by atoms with Gasteiger partial charge in [0.15, 0.2) is 0 Å². The predicted molar refractivity (Wildman–Crippen MR) is 59.2 cm³/mol. The molecule has 0 saturated heterocycles. The number of alkyl halides is 1. The van der Waals surface area contributed by atoms with Gasteiger partial charge in [0.1, 0.15) is 5.67 Å². The normalized spacial score (nSPS) is 19.9. The second kappa shape index (κ2) is 3.89. The highest BCUT2D eigenvalue weighted by Gasteiger charge is 2.41. The van der Waals surface area contributed by atoms with E-state index in [2.05, 4.69) is 0 Å². The lowest BCUT2D eigenvalue weighted by Crippen LogP contribution is -2.33. The molecule has 0 aromatic heterocycles. The van der Waals surface area contributed by atoms with Crippen LogP contribution in [0.25, 0.3) is 0 Å². The smallest absolute Gasteiger partial charge is 0.336 e. The number of hydrogen-bond acceptors (Lipinski definition) is 1. The first-order chi connectivity index (χ1) is 7.53. The summed E-state index contributed by atoms with van der Waals surface area (Å²) in [6, 6.07) is 6.37. The van der Waals surface area contributed by atoms with E-state index in [1.165, 1.54) is 13.0 Å². The second-order valence-corrected chi connectivity index (χ2v) is 4.55. The zero-order valence-corrected chi connectivity index (χ0v) is 9.24. The van der Waals surface area contributed by atoms with E-state index in [4.69, 9.17) is 5.11 Å². The third-order valence-electron chi connectivity index (χ3n) is 3.56. The van der Waals surface area contributed by atoms with Crippen molar-refractivity contribution in [3.8, 4) is 0 Å². The third-order valence-corrected chi connectivity index (χ3v) is 3.56. The van der Waals surface area contributed by atoms with Gasteiger partial charge in [-0.1, -0.05) is 24.6 Å². The van der Waals surface area contributed by atoms with Gasteiger partial charge >= 0.3 is 5.97 Å². The molecule has 1 atom stereocenters. The van der Waals surface area contributed by atoms with Gasteiger partial charge in [0, 0.05) is 5.56 Å². The molecule has 86 valence electrons. The summed E-state index contributed by atoms with van der Waals surface area (Å²) in [6.07, 6.45) is 2.74. The molecule has 0 heterocycles. The number of benzene rings is 1. The zero-order chi connectivity index (χ0) is 11.8. The van der Waals surface area contributed by atoms with E-state index in [1.54, 1.807) is 18.2 Å². The van der Waals surface area contributed by atoms with Crippen molar-refractivity contribution < 1.29 is 14.3 Å². The highest BCUT2D eigenvalue weighted by molar-refractivity contribution is 5.89. The molecule has 0 amide bonds. The fourth-order valence-corrected chi connectivity index (χ4v) is 2.27. The van der Waals surface area contributed by atoms with Gasteiger partial charge < -0.3 is 5.11 Å². The van der Waals surface area contributed by atoms with Crippen LogP contribution in [0.15, 0.2) is 24.3 Å². The fourth-order valence-electron chi connectivity index (χ4n) is 2.27. The molecular weight excluding hydrogens is 207 g/mol. The zero-order valence-electron chi connectivity index (χ0n) is 9.24. The summed E-state index contributed by atoms with van der Waals surface area (Å²) in [7, 11) is 0. The summed E-state index contributed by atoms with van der Waals surface area (Å²) < 4.78 is 14.6. The van der Waals surface area contributed by atoms with E-state index >= 15 is 0 Å². The van der Waals surface area contributed by atoms with Crippen LogP contribution in [0.2, 0.25) is 0 Å². The summed E-state index contributed by atoms with van der Waals surface area (Å²) in [5.41, 5.74) is -1.13. The first kappa shape index (κ1) is 11.1. The summed E-state index contributed by atoms with van der Waals surface area (Å²) in [5, 5.41) is 9.03. The molecule has 0 spiro atoms. The molecule has 1 unspecified atom stereocenters. The maximum Gasteiger partial charge on any atom is 0.336 e. The van der Waals surface area contributed by atoms with Gasteiger partial charge in [0.25, 0.3) is 0 Å². The minimum Gasteiger partial charge on any atom is -0.478 e. The van der Waals surface area contributed by atoms with Gasteiger partial charge in [-0.05, 0) is 31.7 Å². The Labute approximate surface area is 94.1 Å². The van der Waals surface area contributed by atoms with Crippen LogP contribution in [-0.4, -0.2) is 11.1 Å². The first-order valence-electron chi connectivity index (χ1n) is 5.55. The maximum atomic E-state index is 14.6. The molecule has 2 rings (SSSR count). The van der Waals surface area contributed by atoms with Gasteiger partial charge in [-0.25, -0.2) is 9.18 Å². The molecule has 16 heavy (non-hydrogen) atoms. The lowest BCUT2D eigenvalue weighted by Gasteiger charge is -2.37. The molecule has 1 aromatic carbocycles. The third kappa shape index (κ3) is 1.70. The minimum atomic E-state index is -1.52. The quantitative estimate of drug-likeness (QED) is 0.851. The van der Waals surface area contributed by atoms with Crippen LogP contribution in [0.3, 0.4) is 0 Å². The SMILES string of the molecule is CC(F)(c1ccccc1C(=O)O)C1CCC1. The Bertz CT molecular complexity index is 408. The molecule has 1 saturated carbocycles. The highest BCUT2D eigenvalue weighted by Crippen LogP contribution is 2.45. The van der Waals surface area contributed by atoms with Crippen LogP contribution >= 0.6 is 0 Å². The number of aromatic carboxylic acids is 1. The fraction of sp³-hybridized carbons (Fsp3) is 0.462. The maximum absolute atomic E-state index is 14.6. The number of carboxylic acids is 1. The topological polar surface area (TPSA) is 37.3 Å². The first-order valence-corrected chi connectivity index (χ1v) is 5.55. The Morgan fingerprint density at radius 2 is 2.06 bits per heavy atom. The van der Waals surface area contributed by atoms with Gasteiger partial charge in [-0.15, -0.1) is 0 Å². The van der Waals surface area contributed by atoms with Crippen LogP contribution in [0.5, 0.6) is 0 Å². The molecule has 1 fully saturated rings. The predicted octanol–water partition coefficient (Wildman–Crippen LogP) is 3.37. The molecule has 1 aliphatic carbocycles. The number of rotatable bonds is 3. The number of halogens is 1. The largest absolute Gasteiger partial charge is 0.478 e. The Morgan fingerprint density at radius 3 is 2.56 bits per heavy atom. The van der Waals surface area contributed by atoms with Gasteiger partial charge in [0.2, 0.25) is 0 Å². The summed E-state index contributed by atoms with van der Waals surface area (Å²) in [4.78, 5) is 11.0. The summed E-state index contributed by atoms with van der Waals surface area (Å²) in [5.74, 6) is -1.09. The molecule has 0 bridgehead atoms. The van der Waals surface area contributed by atoms with Crippen molar-refractivity contribution in [2.75, 3.05) is 0 Å². The standard InChI is InChI=1S/C13H15FO2/c1-13(14,9-5-4-6-9)11-8-3-2-7-10(11)12(15)16/h2-3,7-9H,4-6H2,1H3,(H,15,16). The van der Waals surface area contributed by atoms with Crippen molar-refractivity contribution in [3.05, 3.63) is 35.4 Å². The Balaban J connectivity index is 2.42. The molecular formula is C13H15FO2. The van der Waals surface area contributed by atoms with Crippen molar-refractivity contribution in [1.29, 1.82) is 0 Å². The van der Waals surface area contributed by atoms with Crippen LogP contribution < -0.4 is 0 Å².